The lowest BCUT2D eigenvalue weighted by atomic mass is 9.91. The predicted molar refractivity (Wildman–Crippen MR) is 70.5 cm³/mol. The minimum absolute atomic E-state index is 0.234. The molecule has 1 unspecified atom stereocenters. The highest BCUT2D eigenvalue weighted by Crippen LogP contribution is 2.28. The van der Waals surface area contributed by atoms with E-state index < -0.39 is 6.10 Å². The van der Waals surface area contributed by atoms with Crippen LogP contribution >= 0.6 is 0 Å². The number of oxazole rings is 1. The van der Waals surface area contributed by atoms with E-state index in [9.17, 15) is 9.90 Å². The molecule has 2 rings (SSSR count). The Labute approximate surface area is 106 Å². The summed E-state index contributed by atoms with van der Waals surface area (Å²) >= 11 is 0. The smallest absolute Gasteiger partial charge is 0.408 e. The van der Waals surface area contributed by atoms with Gasteiger partial charge in [-0.1, -0.05) is 32.8 Å². The van der Waals surface area contributed by atoms with Crippen LogP contribution in [0.2, 0.25) is 0 Å². The van der Waals surface area contributed by atoms with Crippen molar-refractivity contribution in [1.29, 1.82) is 0 Å². The number of aliphatic hydroxyl groups is 1. The van der Waals surface area contributed by atoms with Crippen LogP contribution in [0.1, 0.15) is 38.4 Å². The van der Waals surface area contributed by atoms with Gasteiger partial charge in [0, 0.05) is 7.05 Å². The number of aromatic nitrogens is 1. The molecule has 1 heterocycles. The van der Waals surface area contributed by atoms with Gasteiger partial charge in [-0.25, -0.2) is 4.79 Å². The number of benzene rings is 1. The zero-order chi connectivity index (χ0) is 13.3. The Bertz CT molecular complexity index is 593. The number of aryl methyl sites for hydroxylation is 1. The molecule has 0 aliphatic rings. The second-order valence-electron chi connectivity index (χ2n) is 4.68. The maximum atomic E-state index is 11.4. The number of rotatable bonds is 4. The molecule has 0 spiro atoms. The molecule has 0 radical (unpaired) electrons. The van der Waals surface area contributed by atoms with Gasteiger partial charge in [0.15, 0.2) is 5.58 Å². The lowest BCUT2D eigenvalue weighted by molar-refractivity contribution is 0.103. The van der Waals surface area contributed by atoms with E-state index in [0.29, 0.717) is 5.58 Å². The standard InChI is InChI=1S/C14H19NO3/c1-4-9(5-2)13(16)10-6-7-11-12(8-10)18-14(17)15(11)3/h6-9,13,16H,4-5H2,1-3H3. The lowest BCUT2D eigenvalue weighted by Crippen LogP contribution is -2.10. The molecule has 4 nitrogen and oxygen atoms in total. The van der Waals surface area contributed by atoms with Crippen molar-refractivity contribution in [2.75, 3.05) is 0 Å². The molecule has 98 valence electrons. The Balaban J connectivity index is 2.44. The Hall–Kier alpha value is -1.55. The summed E-state index contributed by atoms with van der Waals surface area (Å²) in [5.41, 5.74) is 2.09. The quantitative estimate of drug-likeness (QED) is 0.906. The fourth-order valence-corrected chi connectivity index (χ4v) is 2.34. The van der Waals surface area contributed by atoms with E-state index in [-0.39, 0.29) is 11.7 Å². The SMILES string of the molecule is CCC(CC)C(O)c1ccc2c(c1)oc(=O)n2C. The molecule has 0 amide bonds. The molecule has 0 aliphatic heterocycles. The number of aliphatic hydroxyl groups excluding tert-OH is 1. The summed E-state index contributed by atoms with van der Waals surface area (Å²) in [5, 5.41) is 10.3. The average molecular weight is 249 g/mol. The van der Waals surface area contributed by atoms with Gasteiger partial charge in [-0.2, -0.15) is 0 Å². The summed E-state index contributed by atoms with van der Waals surface area (Å²) in [6, 6.07) is 5.45. The van der Waals surface area contributed by atoms with Crippen molar-refractivity contribution in [3.63, 3.8) is 0 Å². The zero-order valence-electron chi connectivity index (χ0n) is 11.0. The highest BCUT2D eigenvalue weighted by molar-refractivity contribution is 5.73. The van der Waals surface area contributed by atoms with Gasteiger partial charge < -0.3 is 9.52 Å². The molecule has 1 aromatic carbocycles. The molecule has 1 N–H and O–H groups in total. The number of hydrogen-bond donors (Lipinski definition) is 1. The van der Waals surface area contributed by atoms with Crippen molar-refractivity contribution in [2.45, 2.75) is 32.8 Å². The van der Waals surface area contributed by atoms with Crippen LogP contribution in [-0.2, 0) is 7.05 Å². The van der Waals surface area contributed by atoms with Crippen molar-refractivity contribution in [3.05, 3.63) is 34.3 Å². The molecule has 0 bridgehead atoms. The highest BCUT2D eigenvalue weighted by Gasteiger charge is 2.18. The second kappa shape index (κ2) is 4.98. The molecule has 1 atom stereocenters. The summed E-state index contributed by atoms with van der Waals surface area (Å²) < 4.78 is 6.59. The van der Waals surface area contributed by atoms with Crippen LogP contribution in [0, 0.1) is 5.92 Å². The van der Waals surface area contributed by atoms with Crippen molar-refractivity contribution in [2.24, 2.45) is 13.0 Å². The van der Waals surface area contributed by atoms with Crippen molar-refractivity contribution in [1.82, 2.24) is 4.57 Å². The fraction of sp³-hybridized carbons (Fsp3) is 0.500. The molecule has 0 aliphatic carbocycles. The lowest BCUT2D eigenvalue weighted by Gasteiger charge is -2.20. The van der Waals surface area contributed by atoms with E-state index in [1.54, 1.807) is 13.1 Å². The first-order chi connectivity index (χ1) is 8.58. The first kappa shape index (κ1) is 12.9. The molecule has 0 saturated carbocycles. The first-order valence-corrected chi connectivity index (χ1v) is 6.36. The molecule has 18 heavy (non-hydrogen) atoms. The van der Waals surface area contributed by atoms with Crippen LogP contribution in [0.25, 0.3) is 11.1 Å². The summed E-state index contributed by atoms with van der Waals surface area (Å²) in [7, 11) is 1.67. The third kappa shape index (κ3) is 2.08. The van der Waals surface area contributed by atoms with Crippen LogP contribution in [0.3, 0.4) is 0 Å². The Morgan fingerprint density at radius 2 is 2.00 bits per heavy atom. The van der Waals surface area contributed by atoms with Crippen LogP contribution in [0.5, 0.6) is 0 Å². The average Bonchev–Trinajstić information content (AvgIpc) is 2.66. The molecular weight excluding hydrogens is 230 g/mol. The van der Waals surface area contributed by atoms with E-state index in [0.717, 1.165) is 23.9 Å². The van der Waals surface area contributed by atoms with E-state index in [1.807, 2.05) is 12.1 Å². The summed E-state index contributed by atoms with van der Waals surface area (Å²) in [6.45, 7) is 4.14. The van der Waals surface area contributed by atoms with Crippen molar-refractivity contribution < 1.29 is 9.52 Å². The number of hydrogen-bond acceptors (Lipinski definition) is 3. The van der Waals surface area contributed by atoms with E-state index in [1.165, 1.54) is 4.57 Å². The fourth-order valence-electron chi connectivity index (χ4n) is 2.34. The van der Waals surface area contributed by atoms with Crippen LogP contribution in [0.15, 0.2) is 27.4 Å². The molecule has 0 saturated heterocycles. The van der Waals surface area contributed by atoms with Crippen LogP contribution < -0.4 is 5.76 Å². The summed E-state index contributed by atoms with van der Waals surface area (Å²) in [6.07, 6.45) is 1.35. The van der Waals surface area contributed by atoms with Gasteiger partial charge in [0.1, 0.15) is 0 Å². The molecular formula is C14H19NO3. The normalized spacial score (nSPS) is 13.4. The van der Waals surface area contributed by atoms with Crippen molar-refractivity contribution >= 4 is 11.1 Å². The third-order valence-corrected chi connectivity index (χ3v) is 3.65. The maximum absolute atomic E-state index is 11.4. The predicted octanol–water partition coefficient (Wildman–Crippen LogP) is 2.60. The van der Waals surface area contributed by atoms with Gasteiger partial charge in [-0.3, -0.25) is 4.57 Å². The molecule has 4 heteroatoms. The van der Waals surface area contributed by atoms with Gasteiger partial charge in [0.25, 0.3) is 0 Å². The first-order valence-electron chi connectivity index (χ1n) is 6.36. The largest absolute Gasteiger partial charge is 0.419 e. The third-order valence-electron chi connectivity index (χ3n) is 3.65. The molecule has 1 aromatic heterocycles. The van der Waals surface area contributed by atoms with Crippen LogP contribution in [-0.4, -0.2) is 9.67 Å². The Morgan fingerprint density at radius 1 is 1.33 bits per heavy atom. The monoisotopic (exact) mass is 249 g/mol. The van der Waals surface area contributed by atoms with Gasteiger partial charge >= 0.3 is 5.76 Å². The molecule has 0 fully saturated rings. The summed E-state index contributed by atoms with van der Waals surface area (Å²) in [5.74, 6) is -0.142. The van der Waals surface area contributed by atoms with Crippen molar-refractivity contribution in [3.8, 4) is 0 Å². The highest BCUT2D eigenvalue weighted by atomic mass is 16.4. The second-order valence-corrected chi connectivity index (χ2v) is 4.68. The summed E-state index contributed by atoms with van der Waals surface area (Å²) in [4.78, 5) is 11.4. The Kier molecular flexibility index (Phi) is 3.57. The van der Waals surface area contributed by atoms with E-state index >= 15 is 0 Å². The van der Waals surface area contributed by atoms with E-state index in [2.05, 4.69) is 13.8 Å². The van der Waals surface area contributed by atoms with Gasteiger partial charge in [0.2, 0.25) is 0 Å². The minimum atomic E-state index is -0.505. The zero-order valence-corrected chi connectivity index (χ0v) is 11.0. The maximum Gasteiger partial charge on any atom is 0.419 e. The van der Waals surface area contributed by atoms with Gasteiger partial charge in [-0.05, 0) is 23.6 Å². The number of fused-ring (bicyclic) bond motifs is 1. The van der Waals surface area contributed by atoms with Crippen LogP contribution in [0.4, 0.5) is 0 Å². The van der Waals surface area contributed by atoms with Gasteiger partial charge in [-0.15, -0.1) is 0 Å². The molecule has 2 aromatic rings. The van der Waals surface area contributed by atoms with Gasteiger partial charge in [0.05, 0.1) is 11.6 Å². The Morgan fingerprint density at radius 3 is 2.61 bits per heavy atom. The number of nitrogens with zero attached hydrogens (tertiary/aromatic N) is 1. The topological polar surface area (TPSA) is 55.4 Å². The minimum Gasteiger partial charge on any atom is -0.408 e. The van der Waals surface area contributed by atoms with E-state index in [4.69, 9.17) is 4.42 Å².